The number of thiophene rings is 1. The van der Waals surface area contributed by atoms with Crippen LogP contribution in [0.3, 0.4) is 0 Å². The van der Waals surface area contributed by atoms with Crippen LogP contribution in [0.1, 0.15) is 55.4 Å². The van der Waals surface area contributed by atoms with Crippen molar-refractivity contribution in [2.45, 2.75) is 71.8 Å². The summed E-state index contributed by atoms with van der Waals surface area (Å²) < 4.78 is 5.98. The molecule has 0 radical (unpaired) electrons. The van der Waals surface area contributed by atoms with E-state index in [0.717, 1.165) is 25.6 Å². The Bertz CT molecular complexity index is 393. The van der Waals surface area contributed by atoms with Crippen molar-refractivity contribution in [1.29, 1.82) is 0 Å². The van der Waals surface area contributed by atoms with Crippen LogP contribution in [0.25, 0.3) is 0 Å². The second-order valence-corrected chi connectivity index (χ2v) is 7.19. The summed E-state index contributed by atoms with van der Waals surface area (Å²) in [6.45, 7) is 10.4. The first-order valence-electron chi connectivity index (χ1n) is 6.95. The summed E-state index contributed by atoms with van der Waals surface area (Å²) in [6, 6.07) is 3.09. The molecule has 0 unspecified atom stereocenters. The number of hydrogen-bond acceptors (Lipinski definition) is 3. The largest absolute Gasteiger partial charge is 0.371 e. The van der Waals surface area contributed by atoms with Gasteiger partial charge in [-0.1, -0.05) is 6.92 Å². The van der Waals surface area contributed by atoms with Crippen LogP contribution in [0.5, 0.6) is 0 Å². The van der Waals surface area contributed by atoms with Crippen LogP contribution in [0.4, 0.5) is 0 Å². The van der Waals surface area contributed by atoms with E-state index in [1.807, 2.05) is 11.3 Å². The number of ether oxygens (including phenoxy) is 1. The Labute approximate surface area is 115 Å². The lowest BCUT2D eigenvalue weighted by Crippen LogP contribution is -2.22. The van der Waals surface area contributed by atoms with Crippen LogP contribution >= 0.6 is 11.3 Å². The number of aryl methyl sites for hydroxylation is 1. The minimum atomic E-state index is -0.0131. The summed E-state index contributed by atoms with van der Waals surface area (Å²) in [5.74, 6) is 0. The fourth-order valence-corrected chi connectivity index (χ4v) is 2.72. The standard InChI is InChI=1S/C15H25NOS/c1-5-15(3,4)17-10-12-8-14(18-11(12)2)9-16-13-6-7-13/h8,13,16H,5-7,9-10H2,1-4H3. The fourth-order valence-electron chi connectivity index (χ4n) is 1.73. The number of nitrogens with one attached hydrogen (secondary N) is 1. The molecule has 1 aromatic rings. The molecule has 1 N–H and O–H groups in total. The molecule has 1 aliphatic carbocycles. The SMILES string of the molecule is CCC(C)(C)OCc1cc(CNC2CC2)sc1C. The maximum Gasteiger partial charge on any atom is 0.0734 e. The van der Waals surface area contributed by atoms with E-state index in [-0.39, 0.29) is 5.60 Å². The van der Waals surface area contributed by atoms with E-state index in [1.54, 1.807) is 0 Å². The van der Waals surface area contributed by atoms with Crippen molar-refractivity contribution in [3.8, 4) is 0 Å². The Morgan fingerprint density at radius 3 is 2.78 bits per heavy atom. The third kappa shape index (κ3) is 4.08. The zero-order valence-corrected chi connectivity index (χ0v) is 12.8. The summed E-state index contributed by atoms with van der Waals surface area (Å²) in [4.78, 5) is 2.84. The van der Waals surface area contributed by atoms with Gasteiger partial charge in [-0.3, -0.25) is 0 Å². The maximum absolute atomic E-state index is 5.98. The highest BCUT2D eigenvalue weighted by molar-refractivity contribution is 7.12. The predicted octanol–water partition coefficient (Wildman–Crippen LogP) is 4.01. The first-order chi connectivity index (χ1) is 8.50. The molecule has 1 saturated carbocycles. The minimum absolute atomic E-state index is 0.0131. The second kappa shape index (κ2) is 5.72. The van der Waals surface area contributed by atoms with Crippen LogP contribution < -0.4 is 5.32 Å². The molecule has 3 heteroatoms. The molecule has 0 amide bonds. The lowest BCUT2D eigenvalue weighted by molar-refractivity contribution is -0.0316. The van der Waals surface area contributed by atoms with Gasteiger partial charge in [0.15, 0.2) is 0 Å². The van der Waals surface area contributed by atoms with Gasteiger partial charge >= 0.3 is 0 Å². The summed E-state index contributed by atoms with van der Waals surface area (Å²) in [7, 11) is 0. The van der Waals surface area contributed by atoms with Gasteiger partial charge in [0.1, 0.15) is 0 Å². The molecule has 1 heterocycles. The quantitative estimate of drug-likeness (QED) is 0.806. The molecule has 1 aromatic heterocycles. The molecular formula is C15H25NOS. The Morgan fingerprint density at radius 2 is 2.17 bits per heavy atom. The van der Waals surface area contributed by atoms with Gasteiger partial charge in [0, 0.05) is 22.3 Å². The highest BCUT2D eigenvalue weighted by atomic mass is 32.1. The third-order valence-corrected chi connectivity index (χ3v) is 4.78. The minimum Gasteiger partial charge on any atom is -0.371 e. The fraction of sp³-hybridized carbons (Fsp3) is 0.733. The van der Waals surface area contributed by atoms with Gasteiger partial charge in [-0.25, -0.2) is 0 Å². The Balaban J connectivity index is 1.87. The molecule has 2 nitrogen and oxygen atoms in total. The van der Waals surface area contributed by atoms with E-state index in [2.05, 4.69) is 39.1 Å². The average molecular weight is 267 g/mol. The van der Waals surface area contributed by atoms with E-state index in [1.165, 1.54) is 28.2 Å². The normalized spacial score (nSPS) is 16.2. The van der Waals surface area contributed by atoms with Gasteiger partial charge in [-0.2, -0.15) is 0 Å². The summed E-state index contributed by atoms with van der Waals surface area (Å²) in [6.07, 6.45) is 3.75. The molecule has 102 valence electrons. The van der Waals surface area contributed by atoms with E-state index in [4.69, 9.17) is 4.74 Å². The van der Waals surface area contributed by atoms with Crippen molar-refractivity contribution in [3.05, 3.63) is 21.4 Å². The molecule has 0 aliphatic heterocycles. The first-order valence-corrected chi connectivity index (χ1v) is 7.77. The summed E-state index contributed by atoms with van der Waals surface area (Å²) >= 11 is 1.90. The van der Waals surface area contributed by atoms with Crippen LogP contribution in [-0.2, 0) is 17.9 Å². The highest BCUT2D eigenvalue weighted by Crippen LogP contribution is 2.26. The van der Waals surface area contributed by atoms with E-state index < -0.39 is 0 Å². The number of hydrogen-bond donors (Lipinski definition) is 1. The Morgan fingerprint density at radius 1 is 1.44 bits per heavy atom. The Hall–Kier alpha value is -0.380. The highest BCUT2D eigenvalue weighted by Gasteiger charge is 2.21. The van der Waals surface area contributed by atoms with Gasteiger partial charge in [-0.05, 0) is 51.7 Å². The molecule has 0 atom stereocenters. The molecule has 0 aromatic carbocycles. The zero-order valence-electron chi connectivity index (χ0n) is 12.0. The smallest absolute Gasteiger partial charge is 0.0734 e. The van der Waals surface area contributed by atoms with Gasteiger partial charge in [0.05, 0.1) is 12.2 Å². The van der Waals surface area contributed by atoms with Crippen LogP contribution in [0, 0.1) is 6.92 Å². The predicted molar refractivity (Wildman–Crippen MR) is 78.1 cm³/mol. The van der Waals surface area contributed by atoms with Crippen molar-refractivity contribution < 1.29 is 4.74 Å². The van der Waals surface area contributed by atoms with Crippen molar-refractivity contribution in [2.75, 3.05) is 0 Å². The summed E-state index contributed by atoms with van der Waals surface area (Å²) in [5, 5.41) is 3.57. The van der Waals surface area contributed by atoms with E-state index in [0.29, 0.717) is 0 Å². The maximum atomic E-state index is 5.98. The van der Waals surface area contributed by atoms with Crippen LogP contribution in [0.2, 0.25) is 0 Å². The van der Waals surface area contributed by atoms with Crippen molar-refractivity contribution in [3.63, 3.8) is 0 Å². The van der Waals surface area contributed by atoms with Crippen LogP contribution in [-0.4, -0.2) is 11.6 Å². The monoisotopic (exact) mass is 267 g/mol. The second-order valence-electron chi connectivity index (χ2n) is 5.85. The molecular weight excluding hydrogens is 242 g/mol. The van der Waals surface area contributed by atoms with Gasteiger partial charge < -0.3 is 10.1 Å². The zero-order chi connectivity index (χ0) is 13.2. The molecule has 18 heavy (non-hydrogen) atoms. The van der Waals surface area contributed by atoms with Crippen LogP contribution in [0.15, 0.2) is 6.07 Å². The topological polar surface area (TPSA) is 21.3 Å². The van der Waals surface area contributed by atoms with Crippen molar-refractivity contribution in [1.82, 2.24) is 5.32 Å². The Kier molecular flexibility index (Phi) is 4.46. The first kappa shape index (κ1) is 14.0. The molecule has 0 saturated heterocycles. The molecule has 1 fully saturated rings. The molecule has 2 rings (SSSR count). The van der Waals surface area contributed by atoms with Crippen molar-refractivity contribution in [2.24, 2.45) is 0 Å². The lowest BCUT2D eigenvalue weighted by Gasteiger charge is -2.23. The summed E-state index contributed by atoms with van der Waals surface area (Å²) in [5.41, 5.74) is 1.34. The number of rotatable bonds is 7. The molecule has 1 aliphatic rings. The molecule has 0 spiro atoms. The van der Waals surface area contributed by atoms with Crippen molar-refractivity contribution >= 4 is 11.3 Å². The van der Waals surface area contributed by atoms with Gasteiger partial charge in [-0.15, -0.1) is 11.3 Å². The van der Waals surface area contributed by atoms with E-state index in [9.17, 15) is 0 Å². The molecule has 0 bridgehead atoms. The van der Waals surface area contributed by atoms with Gasteiger partial charge in [0.25, 0.3) is 0 Å². The lowest BCUT2D eigenvalue weighted by atomic mass is 10.1. The average Bonchev–Trinajstić information content (AvgIpc) is 3.09. The third-order valence-electron chi connectivity index (χ3n) is 3.68. The van der Waals surface area contributed by atoms with Gasteiger partial charge in [0.2, 0.25) is 0 Å². The van der Waals surface area contributed by atoms with E-state index >= 15 is 0 Å².